The summed E-state index contributed by atoms with van der Waals surface area (Å²) in [6.07, 6.45) is 3.18. The molecule has 0 bridgehead atoms. The van der Waals surface area contributed by atoms with Gasteiger partial charge in [-0.15, -0.1) is 0 Å². The number of fused-ring (bicyclic) bond motifs is 1. The van der Waals surface area contributed by atoms with Gasteiger partial charge in [-0.1, -0.05) is 23.8 Å². The first-order valence-electron chi connectivity index (χ1n) is 10.3. The summed E-state index contributed by atoms with van der Waals surface area (Å²) in [6.45, 7) is 6.26. The Hall–Kier alpha value is -3.44. The number of carbonyl (C=O) groups excluding carboxylic acids is 1. The first-order valence-corrected chi connectivity index (χ1v) is 10.7. The number of imidazole rings is 1. The summed E-state index contributed by atoms with van der Waals surface area (Å²) in [6, 6.07) is 1.65. The van der Waals surface area contributed by atoms with Crippen LogP contribution in [0.4, 0.5) is 13.2 Å². The Morgan fingerprint density at radius 2 is 2.00 bits per heavy atom. The van der Waals surface area contributed by atoms with E-state index in [9.17, 15) is 18.0 Å². The van der Waals surface area contributed by atoms with E-state index in [4.69, 9.17) is 11.6 Å². The van der Waals surface area contributed by atoms with Crippen LogP contribution in [0.1, 0.15) is 30.8 Å². The van der Waals surface area contributed by atoms with Crippen molar-refractivity contribution in [2.45, 2.75) is 31.2 Å². The smallest absolute Gasteiger partial charge is 0.360 e. The van der Waals surface area contributed by atoms with Crippen molar-refractivity contribution < 1.29 is 18.0 Å². The molecule has 2 aromatic heterocycles. The highest BCUT2D eigenvalue weighted by molar-refractivity contribution is 6.32. The maximum absolute atomic E-state index is 13.3. The van der Waals surface area contributed by atoms with E-state index in [1.54, 1.807) is 6.08 Å². The lowest BCUT2D eigenvalue weighted by atomic mass is 9.99. The fraction of sp³-hybridized carbons (Fsp3) is 0.273. The van der Waals surface area contributed by atoms with E-state index in [1.807, 2.05) is 17.9 Å². The highest BCUT2D eigenvalue weighted by atomic mass is 35.5. The van der Waals surface area contributed by atoms with Gasteiger partial charge in [0.15, 0.2) is 11.9 Å². The van der Waals surface area contributed by atoms with Gasteiger partial charge >= 0.3 is 6.18 Å². The molecular formula is C22H19ClF3N7O. The van der Waals surface area contributed by atoms with Gasteiger partial charge in [-0.2, -0.15) is 28.2 Å². The molecule has 0 amide bonds. The molecule has 8 nitrogen and oxygen atoms in total. The van der Waals surface area contributed by atoms with Gasteiger partial charge in [0.1, 0.15) is 11.5 Å². The van der Waals surface area contributed by atoms with E-state index < -0.39 is 28.5 Å². The second kappa shape index (κ2) is 7.81. The molecule has 1 aromatic carbocycles. The van der Waals surface area contributed by atoms with Gasteiger partial charge in [0.2, 0.25) is 0 Å². The summed E-state index contributed by atoms with van der Waals surface area (Å²) in [5.74, 6) is 0.395. The van der Waals surface area contributed by atoms with Gasteiger partial charge in [0.25, 0.3) is 0 Å². The maximum Gasteiger partial charge on any atom is 0.417 e. The first-order chi connectivity index (χ1) is 16.1. The number of allylic oxidation sites excluding steroid dienone is 3. The molecule has 0 saturated carbocycles. The predicted molar refractivity (Wildman–Crippen MR) is 119 cm³/mol. The quantitative estimate of drug-likeness (QED) is 0.424. The van der Waals surface area contributed by atoms with Gasteiger partial charge in [-0.3, -0.25) is 9.69 Å². The average molecular weight is 490 g/mol. The van der Waals surface area contributed by atoms with Gasteiger partial charge in [0, 0.05) is 12.2 Å². The molecule has 2 aliphatic rings. The van der Waals surface area contributed by atoms with Crippen molar-refractivity contribution in [1.82, 2.24) is 35.2 Å². The Bertz CT molecular complexity index is 1360. The van der Waals surface area contributed by atoms with Crippen LogP contribution in [0.15, 0.2) is 54.5 Å². The van der Waals surface area contributed by atoms with Crippen molar-refractivity contribution in [3.8, 4) is 0 Å². The predicted octanol–water partition coefficient (Wildman–Crippen LogP) is 4.07. The standard InChI is InChI=1S/C22H19ClF3N7O/c1-12-7-18(20-29-16-8-14(22(24,25)26)15(23)9-17(16)30-20)32(10-12)21(11-34)19(4-3-13(2)31-21)33-27-5-6-28-33/h3-6,8-9,11,18,31H,1,7,10H2,2H3,(H,29,30)/t18?,21-/m1/s1. The van der Waals surface area contributed by atoms with Gasteiger partial charge in [0.05, 0.1) is 40.1 Å². The molecule has 5 rings (SSSR count). The first kappa shape index (κ1) is 22.4. The minimum atomic E-state index is -4.60. The normalized spacial score (nSPS) is 23.7. The number of nitrogens with one attached hydrogen (secondary N) is 2. The third kappa shape index (κ3) is 3.51. The third-order valence-corrected chi connectivity index (χ3v) is 6.30. The number of aldehydes is 1. The summed E-state index contributed by atoms with van der Waals surface area (Å²) in [7, 11) is 0. The van der Waals surface area contributed by atoms with Gasteiger partial charge in [-0.25, -0.2) is 4.98 Å². The van der Waals surface area contributed by atoms with Crippen molar-refractivity contribution >= 4 is 34.6 Å². The van der Waals surface area contributed by atoms with Crippen LogP contribution >= 0.6 is 11.6 Å². The van der Waals surface area contributed by atoms with Crippen LogP contribution in [-0.4, -0.2) is 48.4 Å². The molecule has 2 atom stereocenters. The number of aromatic nitrogens is 5. The number of dihydropyridines is 1. The van der Waals surface area contributed by atoms with E-state index >= 15 is 0 Å². The Kier molecular flexibility index (Phi) is 5.14. The monoisotopic (exact) mass is 489 g/mol. The fourth-order valence-electron chi connectivity index (χ4n) is 4.51. The minimum Gasteiger partial charge on any atom is -0.360 e. The summed E-state index contributed by atoms with van der Waals surface area (Å²) in [5, 5.41) is 11.2. The lowest BCUT2D eigenvalue weighted by Gasteiger charge is -2.43. The maximum atomic E-state index is 13.3. The van der Waals surface area contributed by atoms with Crippen LogP contribution in [-0.2, 0) is 11.0 Å². The van der Waals surface area contributed by atoms with Crippen molar-refractivity contribution in [1.29, 1.82) is 0 Å². The molecule has 12 heteroatoms. The number of carbonyl (C=O) groups is 1. The zero-order valence-electron chi connectivity index (χ0n) is 17.9. The largest absolute Gasteiger partial charge is 0.417 e. The molecule has 0 aliphatic carbocycles. The van der Waals surface area contributed by atoms with Crippen LogP contribution in [0, 0.1) is 0 Å². The number of hydrogen-bond donors (Lipinski definition) is 2. The summed E-state index contributed by atoms with van der Waals surface area (Å²) in [5.41, 5.74) is 0.225. The molecular weight excluding hydrogens is 471 g/mol. The van der Waals surface area contributed by atoms with Crippen molar-refractivity contribution in [2.75, 3.05) is 6.54 Å². The SMILES string of the molecule is C=C1CC(c2nc3cc(Cl)c(C(F)(F)F)cc3[nH]2)N([C@@]2(C=O)NC(C)=CC=C2n2nccn2)C1. The molecule has 2 aliphatic heterocycles. The van der Waals surface area contributed by atoms with Crippen molar-refractivity contribution in [2.24, 2.45) is 0 Å². The Morgan fingerprint density at radius 3 is 2.68 bits per heavy atom. The number of rotatable bonds is 4. The lowest BCUT2D eigenvalue weighted by molar-refractivity contribution is -0.137. The highest BCUT2D eigenvalue weighted by Crippen LogP contribution is 2.43. The average Bonchev–Trinajstić information content (AvgIpc) is 3.51. The van der Waals surface area contributed by atoms with Crippen LogP contribution in [0.25, 0.3) is 16.7 Å². The van der Waals surface area contributed by atoms with Crippen molar-refractivity contribution in [3.63, 3.8) is 0 Å². The summed E-state index contributed by atoms with van der Waals surface area (Å²) >= 11 is 5.88. The van der Waals surface area contributed by atoms with E-state index in [1.165, 1.54) is 23.3 Å². The number of benzene rings is 1. The summed E-state index contributed by atoms with van der Waals surface area (Å²) < 4.78 is 40.0. The third-order valence-electron chi connectivity index (χ3n) is 5.99. The zero-order chi connectivity index (χ0) is 24.3. The van der Waals surface area contributed by atoms with Crippen molar-refractivity contribution in [3.05, 3.63) is 70.9 Å². The minimum absolute atomic E-state index is 0.196. The van der Waals surface area contributed by atoms with Crippen LogP contribution < -0.4 is 5.32 Å². The number of H-pyrrole nitrogens is 1. The second-order valence-corrected chi connectivity index (χ2v) is 8.70. The molecule has 0 spiro atoms. The van der Waals surface area contributed by atoms with Gasteiger partial charge < -0.3 is 10.3 Å². The van der Waals surface area contributed by atoms with E-state index in [2.05, 4.69) is 32.1 Å². The lowest BCUT2D eigenvalue weighted by Crippen LogP contribution is -2.62. The number of alkyl halides is 3. The topological polar surface area (TPSA) is 91.7 Å². The van der Waals surface area contributed by atoms with E-state index in [0.29, 0.717) is 30.0 Å². The number of nitrogens with zero attached hydrogens (tertiary/aromatic N) is 5. The van der Waals surface area contributed by atoms with Crippen LogP contribution in [0.3, 0.4) is 0 Å². The Balaban J connectivity index is 1.62. The number of halogens is 4. The van der Waals surface area contributed by atoms with Crippen LogP contribution in [0.2, 0.25) is 5.02 Å². The molecule has 4 heterocycles. The second-order valence-electron chi connectivity index (χ2n) is 8.30. The highest BCUT2D eigenvalue weighted by Gasteiger charge is 2.50. The molecule has 34 heavy (non-hydrogen) atoms. The summed E-state index contributed by atoms with van der Waals surface area (Å²) in [4.78, 5) is 23.5. The zero-order valence-corrected chi connectivity index (χ0v) is 18.7. The molecule has 0 radical (unpaired) electrons. The number of aromatic amines is 1. The van der Waals surface area contributed by atoms with Crippen LogP contribution in [0.5, 0.6) is 0 Å². The molecule has 176 valence electrons. The Morgan fingerprint density at radius 1 is 1.26 bits per heavy atom. The molecule has 1 fully saturated rings. The molecule has 2 N–H and O–H groups in total. The van der Waals surface area contributed by atoms with Gasteiger partial charge in [-0.05, 0) is 37.6 Å². The fourth-order valence-corrected chi connectivity index (χ4v) is 4.78. The molecule has 1 unspecified atom stereocenters. The molecule has 3 aromatic rings. The molecule has 1 saturated heterocycles. The van der Waals surface area contributed by atoms with E-state index in [-0.39, 0.29) is 5.52 Å². The number of hydrogen-bond acceptors (Lipinski definition) is 6. The Labute approximate surface area is 196 Å². The van der Waals surface area contributed by atoms with E-state index in [0.717, 1.165) is 23.6 Å². The number of likely N-dealkylation sites (tertiary alicyclic amines) is 1.